The van der Waals surface area contributed by atoms with Gasteiger partial charge in [0.25, 0.3) is 0 Å². The SMILES string of the molecule is CC(C)CN(C[C@@H](O)[C@H](Cc1ccccc1)NCC(=O)N1CCOCC1)S(=O)(=O)c1ccc(C(F)(F)F)cc1. The van der Waals surface area contributed by atoms with Gasteiger partial charge in [0, 0.05) is 32.2 Å². The minimum Gasteiger partial charge on any atom is -0.390 e. The van der Waals surface area contributed by atoms with Crippen LogP contribution in [0.4, 0.5) is 13.2 Å². The molecule has 1 aliphatic heterocycles. The van der Waals surface area contributed by atoms with E-state index in [0.717, 1.165) is 34.1 Å². The number of carbonyl (C=O) groups excluding carboxylic acids is 1. The Kier molecular flexibility index (Phi) is 10.9. The Hall–Kier alpha value is -2.51. The van der Waals surface area contributed by atoms with E-state index < -0.39 is 33.9 Å². The van der Waals surface area contributed by atoms with E-state index in [2.05, 4.69) is 5.32 Å². The lowest BCUT2D eigenvalue weighted by Gasteiger charge is -2.32. The largest absolute Gasteiger partial charge is 0.416 e. The highest BCUT2D eigenvalue weighted by Crippen LogP contribution is 2.30. The summed E-state index contributed by atoms with van der Waals surface area (Å²) in [4.78, 5) is 14.1. The zero-order chi connectivity index (χ0) is 28.6. The molecule has 2 N–H and O–H groups in total. The van der Waals surface area contributed by atoms with Crippen molar-refractivity contribution in [3.8, 4) is 0 Å². The highest BCUT2D eigenvalue weighted by molar-refractivity contribution is 7.89. The van der Waals surface area contributed by atoms with Crippen LogP contribution < -0.4 is 5.32 Å². The summed E-state index contributed by atoms with van der Waals surface area (Å²) in [6.07, 6.45) is -5.48. The molecule has 2 atom stereocenters. The van der Waals surface area contributed by atoms with Crippen LogP contribution in [0.25, 0.3) is 0 Å². The number of hydrogen-bond acceptors (Lipinski definition) is 6. The molecule has 0 radical (unpaired) electrons. The van der Waals surface area contributed by atoms with Gasteiger partial charge in [-0.1, -0.05) is 44.2 Å². The number of alkyl halides is 3. The van der Waals surface area contributed by atoms with E-state index in [1.807, 2.05) is 44.2 Å². The summed E-state index contributed by atoms with van der Waals surface area (Å²) in [5, 5.41) is 14.4. The van der Waals surface area contributed by atoms with Crippen molar-refractivity contribution in [2.45, 2.75) is 43.5 Å². The average molecular weight is 572 g/mol. The van der Waals surface area contributed by atoms with Gasteiger partial charge in [-0.25, -0.2) is 8.42 Å². The first kappa shape index (κ1) is 31.0. The first-order chi connectivity index (χ1) is 18.4. The van der Waals surface area contributed by atoms with Crippen molar-refractivity contribution in [1.82, 2.24) is 14.5 Å². The second kappa shape index (κ2) is 13.7. The van der Waals surface area contributed by atoms with Gasteiger partial charge in [0.05, 0.1) is 36.3 Å². The predicted molar refractivity (Wildman–Crippen MR) is 140 cm³/mol. The molecule has 0 aliphatic carbocycles. The van der Waals surface area contributed by atoms with Gasteiger partial charge in [0.1, 0.15) is 0 Å². The van der Waals surface area contributed by atoms with Crippen LogP contribution >= 0.6 is 0 Å². The second-order valence-corrected chi connectivity index (χ2v) is 11.9. The number of ether oxygens (including phenoxy) is 1. The quantitative estimate of drug-likeness (QED) is 0.407. The third-order valence-electron chi connectivity index (χ3n) is 6.42. The fourth-order valence-electron chi connectivity index (χ4n) is 4.33. The average Bonchev–Trinajstić information content (AvgIpc) is 2.90. The molecule has 3 rings (SSSR count). The second-order valence-electron chi connectivity index (χ2n) is 9.98. The van der Waals surface area contributed by atoms with Gasteiger partial charge < -0.3 is 20.1 Å². The lowest BCUT2D eigenvalue weighted by molar-refractivity contribution is -0.137. The molecule has 12 heteroatoms. The number of nitrogens with zero attached hydrogens (tertiary/aromatic N) is 2. The molecule has 2 aromatic rings. The molecule has 1 amide bonds. The number of sulfonamides is 1. The summed E-state index contributed by atoms with van der Waals surface area (Å²) < 4.78 is 72.3. The Balaban J connectivity index is 1.80. The van der Waals surface area contributed by atoms with Crippen LogP contribution in [0.2, 0.25) is 0 Å². The number of halogens is 3. The first-order valence-electron chi connectivity index (χ1n) is 12.9. The maximum absolute atomic E-state index is 13.5. The van der Waals surface area contributed by atoms with Crippen molar-refractivity contribution in [2.24, 2.45) is 5.92 Å². The van der Waals surface area contributed by atoms with Crippen molar-refractivity contribution >= 4 is 15.9 Å². The minimum atomic E-state index is -4.59. The number of aliphatic hydroxyl groups excluding tert-OH is 1. The van der Waals surface area contributed by atoms with E-state index in [0.29, 0.717) is 32.7 Å². The number of hydrogen-bond donors (Lipinski definition) is 2. The van der Waals surface area contributed by atoms with Crippen LogP contribution in [0, 0.1) is 5.92 Å². The van der Waals surface area contributed by atoms with Crippen molar-refractivity contribution in [1.29, 1.82) is 0 Å². The maximum Gasteiger partial charge on any atom is 0.416 e. The van der Waals surface area contributed by atoms with E-state index in [-0.39, 0.29) is 36.4 Å². The van der Waals surface area contributed by atoms with Crippen LogP contribution in [0.1, 0.15) is 25.0 Å². The maximum atomic E-state index is 13.5. The fourth-order valence-corrected chi connectivity index (χ4v) is 5.96. The van der Waals surface area contributed by atoms with Crippen molar-refractivity contribution in [3.63, 3.8) is 0 Å². The van der Waals surface area contributed by atoms with Crippen molar-refractivity contribution in [2.75, 3.05) is 45.9 Å². The van der Waals surface area contributed by atoms with Gasteiger partial charge >= 0.3 is 6.18 Å². The molecule has 8 nitrogen and oxygen atoms in total. The first-order valence-corrected chi connectivity index (χ1v) is 14.3. The number of benzene rings is 2. The molecule has 2 aromatic carbocycles. The standard InChI is InChI=1S/C27H36F3N3O5S/c1-20(2)18-33(39(36,37)23-10-8-22(9-11-23)27(28,29)30)19-25(34)24(16-21-6-4-3-5-7-21)31-17-26(35)32-12-14-38-15-13-32/h3-11,20,24-25,31,34H,12-19H2,1-2H3/t24-,25+/m0/s1. The van der Waals surface area contributed by atoms with Gasteiger partial charge in [0.15, 0.2) is 0 Å². The van der Waals surface area contributed by atoms with Crippen molar-refractivity contribution in [3.05, 3.63) is 65.7 Å². The molecular weight excluding hydrogens is 535 g/mol. The third kappa shape index (κ3) is 9.00. The van der Waals surface area contributed by atoms with E-state index in [4.69, 9.17) is 4.74 Å². The van der Waals surface area contributed by atoms with Gasteiger partial charge in [-0.15, -0.1) is 0 Å². The predicted octanol–water partition coefficient (Wildman–Crippen LogP) is 2.77. The normalized spacial score (nSPS) is 16.5. The Morgan fingerprint density at radius 1 is 1.05 bits per heavy atom. The molecule has 216 valence electrons. The van der Waals surface area contributed by atoms with Gasteiger partial charge in [-0.3, -0.25) is 4.79 Å². The van der Waals surface area contributed by atoms with Gasteiger partial charge in [-0.2, -0.15) is 17.5 Å². The summed E-state index contributed by atoms with van der Waals surface area (Å²) in [5.74, 6) is -0.273. The summed E-state index contributed by atoms with van der Waals surface area (Å²) in [7, 11) is -4.22. The van der Waals surface area contributed by atoms with Gasteiger partial charge in [-0.05, 0) is 42.2 Å². The minimum absolute atomic E-state index is 0.0468. The Morgan fingerprint density at radius 2 is 1.67 bits per heavy atom. The van der Waals surface area contributed by atoms with Crippen LogP contribution in [-0.2, 0) is 32.2 Å². The van der Waals surface area contributed by atoms with E-state index in [1.165, 1.54) is 0 Å². The van der Waals surface area contributed by atoms with Crippen LogP contribution in [0.3, 0.4) is 0 Å². The highest BCUT2D eigenvalue weighted by Gasteiger charge is 2.33. The Bertz CT molecular complexity index is 1160. The summed E-state index contributed by atoms with van der Waals surface area (Å²) in [5.41, 5.74) is -0.0668. The third-order valence-corrected chi connectivity index (χ3v) is 8.27. The number of amides is 1. The molecular formula is C27H36F3N3O5S. The number of nitrogens with one attached hydrogen (secondary N) is 1. The Labute approximate surface area is 227 Å². The zero-order valence-corrected chi connectivity index (χ0v) is 22.9. The van der Waals surface area contributed by atoms with E-state index in [1.54, 1.807) is 4.90 Å². The smallest absolute Gasteiger partial charge is 0.390 e. The van der Waals surface area contributed by atoms with Crippen LogP contribution in [-0.4, -0.2) is 86.7 Å². The number of aliphatic hydroxyl groups is 1. The Morgan fingerprint density at radius 3 is 2.23 bits per heavy atom. The molecule has 0 aromatic heterocycles. The number of carbonyl (C=O) groups is 1. The molecule has 1 aliphatic rings. The molecule has 1 fully saturated rings. The summed E-state index contributed by atoms with van der Waals surface area (Å²) in [6, 6.07) is 11.9. The molecule has 0 spiro atoms. The van der Waals surface area contributed by atoms with E-state index in [9.17, 15) is 31.5 Å². The molecule has 1 heterocycles. The monoisotopic (exact) mass is 571 g/mol. The van der Waals surface area contributed by atoms with Crippen LogP contribution in [0.15, 0.2) is 59.5 Å². The summed E-state index contributed by atoms with van der Waals surface area (Å²) in [6.45, 7) is 5.15. The molecule has 0 unspecified atom stereocenters. The lowest BCUT2D eigenvalue weighted by atomic mass is 10.0. The molecule has 39 heavy (non-hydrogen) atoms. The summed E-state index contributed by atoms with van der Waals surface area (Å²) >= 11 is 0. The van der Waals surface area contributed by atoms with Gasteiger partial charge in [0.2, 0.25) is 15.9 Å². The fraction of sp³-hybridized carbons (Fsp3) is 0.519. The molecule has 0 saturated carbocycles. The number of morpholine rings is 1. The zero-order valence-electron chi connectivity index (χ0n) is 22.1. The lowest BCUT2D eigenvalue weighted by Crippen LogP contribution is -2.52. The van der Waals surface area contributed by atoms with E-state index >= 15 is 0 Å². The number of rotatable bonds is 12. The van der Waals surface area contributed by atoms with Crippen molar-refractivity contribution < 1.29 is 36.2 Å². The van der Waals surface area contributed by atoms with Crippen LogP contribution in [0.5, 0.6) is 0 Å². The molecule has 0 bridgehead atoms. The molecule has 1 saturated heterocycles. The highest BCUT2D eigenvalue weighted by atomic mass is 32.2. The topological polar surface area (TPSA) is 99.2 Å².